The van der Waals surface area contributed by atoms with E-state index in [1.54, 1.807) is 11.8 Å². The van der Waals surface area contributed by atoms with Crippen LogP contribution in [0.25, 0.3) is 0 Å². The smallest absolute Gasteiger partial charge is 0.243 e. The van der Waals surface area contributed by atoms with Crippen molar-refractivity contribution in [1.29, 1.82) is 0 Å². The average Bonchev–Trinajstić information content (AvgIpc) is 2.86. The van der Waals surface area contributed by atoms with Gasteiger partial charge in [-0.2, -0.15) is 16.7 Å². The van der Waals surface area contributed by atoms with Gasteiger partial charge in [-0.25, -0.2) is 0 Å². The minimum Gasteiger partial charge on any atom is -0.338 e. The number of benzene rings is 1. The Morgan fingerprint density at radius 1 is 1.33 bits per heavy atom. The first-order valence-corrected chi connectivity index (χ1v) is 7.30. The molecule has 4 nitrogen and oxygen atoms in total. The summed E-state index contributed by atoms with van der Waals surface area (Å²) in [6.45, 7) is 0. The van der Waals surface area contributed by atoms with Gasteiger partial charge in [0.05, 0.1) is 6.04 Å². The molecule has 2 aromatic rings. The highest BCUT2D eigenvalue weighted by atomic mass is 32.2. The maximum Gasteiger partial charge on any atom is 0.243 e. The Morgan fingerprint density at radius 2 is 2.11 bits per heavy atom. The molecule has 5 heteroatoms. The van der Waals surface area contributed by atoms with Crippen LogP contribution in [0.15, 0.2) is 34.9 Å². The summed E-state index contributed by atoms with van der Waals surface area (Å²) in [7, 11) is 0. The second kappa shape index (κ2) is 6.56. The number of aromatic nitrogens is 2. The molecule has 0 unspecified atom stereocenters. The van der Waals surface area contributed by atoms with Crippen LogP contribution < -0.4 is 5.73 Å². The summed E-state index contributed by atoms with van der Waals surface area (Å²) in [5.74, 6) is 2.23. The lowest BCUT2D eigenvalue weighted by Crippen LogP contribution is -2.11. The fraction of sp³-hybridized carbons (Fsp3) is 0.385. The zero-order valence-corrected chi connectivity index (χ0v) is 11.2. The van der Waals surface area contributed by atoms with Crippen molar-refractivity contribution >= 4 is 11.8 Å². The molecule has 1 aromatic carbocycles. The predicted octanol–water partition coefficient (Wildman–Crippen LogP) is 2.41. The first-order chi connectivity index (χ1) is 8.79. The van der Waals surface area contributed by atoms with E-state index in [2.05, 4.69) is 16.4 Å². The molecule has 0 aliphatic carbocycles. The van der Waals surface area contributed by atoms with Gasteiger partial charge in [0.1, 0.15) is 0 Å². The molecule has 0 aliphatic heterocycles. The number of hydrogen-bond donors (Lipinski definition) is 1. The standard InChI is InChI=1S/C13H17N3OS/c1-18-8-7-11(14)13-15-12(16-17-13)9-10-5-3-2-4-6-10/h2-6,11H,7-9,14H2,1H3/t11-/m0/s1. The maximum absolute atomic E-state index is 5.98. The van der Waals surface area contributed by atoms with Gasteiger partial charge in [-0.3, -0.25) is 0 Å². The summed E-state index contributed by atoms with van der Waals surface area (Å²) in [5.41, 5.74) is 7.15. The number of hydrogen-bond acceptors (Lipinski definition) is 5. The topological polar surface area (TPSA) is 64.9 Å². The van der Waals surface area contributed by atoms with E-state index in [4.69, 9.17) is 10.3 Å². The highest BCUT2D eigenvalue weighted by molar-refractivity contribution is 7.98. The van der Waals surface area contributed by atoms with E-state index in [1.807, 2.05) is 30.3 Å². The lowest BCUT2D eigenvalue weighted by atomic mass is 10.1. The minimum absolute atomic E-state index is 0.158. The monoisotopic (exact) mass is 263 g/mol. The number of nitrogens with zero attached hydrogens (tertiary/aromatic N) is 2. The van der Waals surface area contributed by atoms with E-state index < -0.39 is 0 Å². The summed E-state index contributed by atoms with van der Waals surface area (Å²) >= 11 is 1.76. The Morgan fingerprint density at radius 3 is 2.83 bits per heavy atom. The zero-order valence-electron chi connectivity index (χ0n) is 10.4. The van der Waals surface area contributed by atoms with Crippen molar-refractivity contribution in [1.82, 2.24) is 10.1 Å². The Labute approximate surface area is 111 Å². The average molecular weight is 263 g/mol. The predicted molar refractivity (Wildman–Crippen MR) is 73.5 cm³/mol. The summed E-state index contributed by atoms with van der Waals surface area (Å²) in [4.78, 5) is 4.35. The van der Waals surface area contributed by atoms with E-state index >= 15 is 0 Å². The Balaban J connectivity index is 1.98. The molecule has 0 aliphatic rings. The number of nitrogens with two attached hydrogens (primary N) is 1. The molecule has 0 saturated carbocycles. The molecule has 2 N–H and O–H groups in total. The lowest BCUT2D eigenvalue weighted by Gasteiger charge is -2.03. The molecule has 0 amide bonds. The second-order valence-corrected chi connectivity index (χ2v) is 5.08. The number of rotatable bonds is 6. The summed E-state index contributed by atoms with van der Waals surface area (Å²) in [5, 5.41) is 3.97. The van der Waals surface area contributed by atoms with Crippen LogP contribution in [0.4, 0.5) is 0 Å². The molecule has 1 aromatic heterocycles. The van der Waals surface area contributed by atoms with Crippen LogP contribution in [0.2, 0.25) is 0 Å². The van der Waals surface area contributed by atoms with Crippen molar-refractivity contribution in [3.05, 3.63) is 47.6 Å². The Hall–Kier alpha value is -1.33. The molecule has 1 heterocycles. The molecule has 18 heavy (non-hydrogen) atoms. The zero-order chi connectivity index (χ0) is 12.8. The van der Waals surface area contributed by atoms with Crippen molar-refractivity contribution in [2.45, 2.75) is 18.9 Å². The summed E-state index contributed by atoms with van der Waals surface area (Å²) in [6, 6.07) is 9.92. The molecule has 1 atom stereocenters. The van der Waals surface area contributed by atoms with E-state index in [1.165, 1.54) is 5.56 Å². The minimum atomic E-state index is -0.158. The van der Waals surface area contributed by atoms with Gasteiger partial charge in [-0.15, -0.1) is 0 Å². The van der Waals surface area contributed by atoms with Crippen LogP contribution in [0.3, 0.4) is 0 Å². The fourth-order valence-corrected chi connectivity index (χ4v) is 2.13. The van der Waals surface area contributed by atoms with Gasteiger partial charge in [0, 0.05) is 6.42 Å². The van der Waals surface area contributed by atoms with Gasteiger partial charge in [-0.05, 0) is 24.0 Å². The van der Waals surface area contributed by atoms with Gasteiger partial charge < -0.3 is 10.3 Å². The summed E-state index contributed by atoms with van der Waals surface area (Å²) < 4.78 is 5.20. The van der Waals surface area contributed by atoms with Gasteiger partial charge in [0.2, 0.25) is 5.89 Å². The van der Waals surface area contributed by atoms with Gasteiger partial charge in [0.25, 0.3) is 0 Å². The molecule has 0 saturated heterocycles. The normalized spacial score (nSPS) is 12.6. The van der Waals surface area contributed by atoms with Crippen LogP contribution in [0.1, 0.15) is 29.7 Å². The quantitative estimate of drug-likeness (QED) is 0.867. The highest BCUT2D eigenvalue weighted by Crippen LogP contribution is 2.15. The van der Waals surface area contributed by atoms with Crippen molar-refractivity contribution in [2.24, 2.45) is 5.73 Å². The van der Waals surface area contributed by atoms with Gasteiger partial charge in [-0.1, -0.05) is 35.5 Å². The Bertz CT molecular complexity index is 472. The first-order valence-electron chi connectivity index (χ1n) is 5.90. The molecular weight excluding hydrogens is 246 g/mol. The lowest BCUT2D eigenvalue weighted by molar-refractivity contribution is 0.349. The first kappa shape index (κ1) is 13.1. The van der Waals surface area contributed by atoms with Crippen LogP contribution in [0.5, 0.6) is 0 Å². The maximum atomic E-state index is 5.98. The molecular formula is C13H17N3OS. The molecule has 2 rings (SSSR count). The van der Waals surface area contributed by atoms with E-state index in [-0.39, 0.29) is 6.04 Å². The molecule has 96 valence electrons. The van der Waals surface area contributed by atoms with E-state index in [0.29, 0.717) is 18.1 Å². The fourth-order valence-electron chi connectivity index (χ4n) is 1.64. The van der Waals surface area contributed by atoms with Crippen molar-refractivity contribution in [3.8, 4) is 0 Å². The Kier molecular flexibility index (Phi) is 4.78. The SMILES string of the molecule is CSCC[C@H](N)c1nc(Cc2ccccc2)no1. The molecule has 0 fully saturated rings. The highest BCUT2D eigenvalue weighted by Gasteiger charge is 2.14. The number of thioether (sulfide) groups is 1. The molecule has 0 spiro atoms. The van der Waals surface area contributed by atoms with Gasteiger partial charge >= 0.3 is 0 Å². The van der Waals surface area contributed by atoms with Crippen LogP contribution in [-0.4, -0.2) is 22.1 Å². The third-order valence-electron chi connectivity index (χ3n) is 2.64. The van der Waals surface area contributed by atoms with Crippen molar-refractivity contribution < 1.29 is 4.52 Å². The van der Waals surface area contributed by atoms with Crippen LogP contribution in [0, 0.1) is 0 Å². The van der Waals surface area contributed by atoms with Crippen molar-refractivity contribution in [2.75, 3.05) is 12.0 Å². The third-order valence-corrected chi connectivity index (χ3v) is 3.28. The largest absolute Gasteiger partial charge is 0.338 e. The van der Waals surface area contributed by atoms with Crippen LogP contribution >= 0.6 is 11.8 Å². The van der Waals surface area contributed by atoms with Gasteiger partial charge in [0.15, 0.2) is 5.82 Å². The molecule has 0 bridgehead atoms. The molecule has 0 radical (unpaired) electrons. The third kappa shape index (κ3) is 3.58. The van der Waals surface area contributed by atoms with Crippen LogP contribution in [-0.2, 0) is 6.42 Å². The summed E-state index contributed by atoms with van der Waals surface area (Å²) in [6.07, 6.45) is 3.59. The van der Waals surface area contributed by atoms with E-state index in [0.717, 1.165) is 12.2 Å². The van der Waals surface area contributed by atoms with Crippen molar-refractivity contribution in [3.63, 3.8) is 0 Å². The second-order valence-electron chi connectivity index (χ2n) is 4.10. The van der Waals surface area contributed by atoms with E-state index in [9.17, 15) is 0 Å².